The molecule has 0 aromatic heterocycles. The second-order valence-electron chi connectivity index (χ2n) is 6.71. The summed E-state index contributed by atoms with van der Waals surface area (Å²) in [6.45, 7) is 3.41. The zero-order valence-electron chi connectivity index (χ0n) is 15.7. The first-order chi connectivity index (χ1) is 13.7. The van der Waals surface area contributed by atoms with Gasteiger partial charge >= 0.3 is 0 Å². The quantitative estimate of drug-likeness (QED) is 0.435. The molecular weight excluding hydrogens is 416 g/mol. The number of sulfonamides is 1. The van der Waals surface area contributed by atoms with Crippen molar-refractivity contribution in [3.8, 4) is 0 Å². The highest BCUT2D eigenvalue weighted by atomic mass is 32.2. The number of carbonyl (C=O) groups excluding carboxylic acids is 2. The first kappa shape index (κ1) is 21.4. The highest BCUT2D eigenvalue weighted by Gasteiger charge is 2.52. The average molecular weight is 439 g/mol. The van der Waals surface area contributed by atoms with Gasteiger partial charge in [0.15, 0.2) is 0 Å². The van der Waals surface area contributed by atoms with Crippen LogP contribution in [0.5, 0.6) is 0 Å². The van der Waals surface area contributed by atoms with Crippen LogP contribution in [-0.2, 0) is 19.6 Å². The molecule has 156 valence electrons. The van der Waals surface area contributed by atoms with Crippen molar-refractivity contribution in [2.45, 2.75) is 17.5 Å². The van der Waals surface area contributed by atoms with Gasteiger partial charge in [-0.1, -0.05) is 24.8 Å². The second kappa shape index (κ2) is 8.19. The van der Waals surface area contributed by atoms with Gasteiger partial charge in [0.2, 0.25) is 15.9 Å². The van der Waals surface area contributed by atoms with E-state index in [1.807, 2.05) is 0 Å². The molecule has 1 aromatic rings. The largest absolute Gasteiger partial charge is 0.390 e. The number of fused-ring (bicyclic) bond motifs is 1. The molecule has 0 saturated carbocycles. The Morgan fingerprint density at radius 1 is 1.52 bits per heavy atom. The molecule has 1 saturated heterocycles. The van der Waals surface area contributed by atoms with Crippen molar-refractivity contribution in [2.24, 2.45) is 5.73 Å². The molecule has 0 spiro atoms. The number of hydrogen-bond acceptors (Lipinski definition) is 7. The lowest BCUT2D eigenvalue weighted by Crippen LogP contribution is -2.70. The number of amides is 2. The number of anilines is 1. The summed E-state index contributed by atoms with van der Waals surface area (Å²) in [6, 6.07) is 4.37. The molecule has 3 rings (SSSR count). The van der Waals surface area contributed by atoms with E-state index in [0.29, 0.717) is 17.0 Å². The number of nitrogens with zero attached hydrogens (tertiary/aromatic N) is 1. The maximum absolute atomic E-state index is 12.6. The molecule has 2 amide bonds. The maximum atomic E-state index is 12.6. The van der Waals surface area contributed by atoms with Crippen molar-refractivity contribution in [3.63, 3.8) is 0 Å². The third-order valence-corrected chi connectivity index (χ3v) is 6.55. The lowest BCUT2D eigenvalue weighted by molar-refractivity contribution is -0.146. The number of allylic oxidation sites excluding steroid dienone is 1. The number of nitrogens with two attached hydrogens (primary N) is 1. The van der Waals surface area contributed by atoms with E-state index in [4.69, 9.17) is 5.73 Å². The van der Waals surface area contributed by atoms with Crippen LogP contribution < -0.4 is 15.8 Å². The SMILES string of the molecule is C=CC1=C(CO)N2C(=O)C(NC(=O)[C@H](N)c3cccc(NS(C)(=O)=O)c3)[C@H]2SC1. The second-order valence-corrected chi connectivity index (χ2v) is 9.56. The van der Waals surface area contributed by atoms with Gasteiger partial charge in [-0.15, -0.1) is 11.8 Å². The molecule has 0 aliphatic carbocycles. The number of carbonyl (C=O) groups is 2. The normalized spacial score (nSPS) is 22.4. The zero-order chi connectivity index (χ0) is 21.3. The molecule has 5 N–H and O–H groups in total. The smallest absolute Gasteiger partial charge is 0.253 e. The van der Waals surface area contributed by atoms with Crippen molar-refractivity contribution in [2.75, 3.05) is 23.3 Å². The number of aliphatic hydroxyl groups is 1. The van der Waals surface area contributed by atoms with Crippen molar-refractivity contribution in [1.82, 2.24) is 10.2 Å². The molecular formula is C18H22N4O5S2. The van der Waals surface area contributed by atoms with Crippen molar-refractivity contribution in [3.05, 3.63) is 53.8 Å². The summed E-state index contributed by atoms with van der Waals surface area (Å²) in [5.74, 6) is -0.298. The Hall–Kier alpha value is -2.34. The van der Waals surface area contributed by atoms with E-state index in [0.717, 1.165) is 11.8 Å². The first-order valence-electron chi connectivity index (χ1n) is 8.70. The average Bonchev–Trinajstić information content (AvgIpc) is 2.68. The Morgan fingerprint density at radius 2 is 2.24 bits per heavy atom. The third-order valence-electron chi connectivity index (χ3n) is 4.64. The van der Waals surface area contributed by atoms with Crippen LogP contribution in [0, 0.1) is 0 Å². The molecule has 1 fully saturated rings. The van der Waals surface area contributed by atoms with Crippen LogP contribution in [0.25, 0.3) is 0 Å². The summed E-state index contributed by atoms with van der Waals surface area (Å²) in [5, 5.41) is 11.9. The molecule has 3 atom stereocenters. The van der Waals surface area contributed by atoms with Crippen LogP contribution in [-0.4, -0.2) is 60.3 Å². The van der Waals surface area contributed by atoms with E-state index in [2.05, 4.69) is 16.6 Å². The first-order valence-corrected chi connectivity index (χ1v) is 11.6. The third kappa shape index (κ3) is 4.32. The molecule has 2 aliphatic heterocycles. The Bertz CT molecular complexity index is 992. The summed E-state index contributed by atoms with van der Waals surface area (Å²) in [7, 11) is -3.46. The van der Waals surface area contributed by atoms with Crippen LogP contribution in [0.3, 0.4) is 0 Å². The van der Waals surface area contributed by atoms with Crippen molar-refractivity contribution in [1.29, 1.82) is 0 Å². The minimum Gasteiger partial charge on any atom is -0.390 e. The van der Waals surface area contributed by atoms with Gasteiger partial charge in [-0.3, -0.25) is 19.2 Å². The molecule has 9 nitrogen and oxygen atoms in total. The van der Waals surface area contributed by atoms with Gasteiger partial charge in [0.1, 0.15) is 17.5 Å². The summed E-state index contributed by atoms with van der Waals surface area (Å²) < 4.78 is 25.1. The van der Waals surface area contributed by atoms with E-state index < -0.39 is 28.0 Å². The standard InChI is InChI=1S/C18H22N4O5S2/c1-3-10-9-28-18-15(17(25)22(18)13(10)8-23)20-16(24)14(19)11-5-4-6-12(7-11)21-29(2,26)27/h3-7,14-15,18,21,23H,1,8-9,19H2,2H3,(H,20,24)/t14-,15?,18-/m1/s1. The predicted octanol–water partition coefficient (Wildman–Crippen LogP) is -0.110. The van der Waals surface area contributed by atoms with Crippen LogP contribution >= 0.6 is 11.8 Å². The number of rotatable bonds is 7. The number of thioether (sulfide) groups is 1. The summed E-state index contributed by atoms with van der Waals surface area (Å²) >= 11 is 1.47. The highest BCUT2D eigenvalue weighted by molar-refractivity contribution is 8.00. The van der Waals surface area contributed by atoms with Crippen molar-refractivity contribution < 1.29 is 23.1 Å². The van der Waals surface area contributed by atoms with Gasteiger partial charge < -0.3 is 16.2 Å². The van der Waals surface area contributed by atoms with E-state index >= 15 is 0 Å². The predicted molar refractivity (Wildman–Crippen MR) is 111 cm³/mol. The summed E-state index contributed by atoms with van der Waals surface area (Å²) in [6.07, 6.45) is 2.64. The van der Waals surface area contributed by atoms with E-state index in [-0.39, 0.29) is 23.6 Å². The number of nitrogens with one attached hydrogen (secondary N) is 2. The van der Waals surface area contributed by atoms with Gasteiger partial charge in [0.05, 0.1) is 18.6 Å². The maximum Gasteiger partial charge on any atom is 0.253 e. The molecule has 11 heteroatoms. The fourth-order valence-electron chi connectivity index (χ4n) is 3.23. The summed E-state index contributed by atoms with van der Waals surface area (Å²) in [5.41, 5.74) is 8.01. The number of hydrogen-bond donors (Lipinski definition) is 4. The monoisotopic (exact) mass is 438 g/mol. The van der Waals surface area contributed by atoms with E-state index in [1.54, 1.807) is 24.3 Å². The van der Waals surface area contributed by atoms with Crippen LogP contribution in [0.15, 0.2) is 48.2 Å². The molecule has 1 unspecified atom stereocenters. The van der Waals surface area contributed by atoms with Crippen LogP contribution in [0.1, 0.15) is 11.6 Å². The Labute approximate surface area is 173 Å². The molecule has 1 aromatic carbocycles. The van der Waals surface area contributed by atoms with Gasteiger partial charge in [-0.05, 0) is 23.3 Å². The molecule has 2 aliphatic rings. The Morgan fingerprint density at radius 3 is 2.86 bits per heavy atom. The van der Waals surface area contributed by atoms with Crippen LogP contribution in [0.4, 0.5) is 5.69 Å². The number of aliphatic hydroxyl groups excluding tert-OH is 1. The minimum atomic E-state index is -3.46. The van der Waals surface area contributed by atoms with E-state index in [1.165, 1.54) is 22.7 Å². The lowest BCUT2D eigenvalue weighted by atomic mass is 10.0. The molecule has 2 heterocycles. The molecule has 0 radical (unpaired) electrons. The topological polar surface area (TPSA) is 142 Å². The fraction of sp³-hybridized carbons (Fsp3) is 0.333. The van der Waals surface area contributed by atoms with Gasteiger partial charge in [-0.25, -0.2) is 8.42 Å². The van der Waals surface area contributed by atoms with Crippen molar-refractivity contribution >= 4 is 39.3 Å². The fourth-order valence-corrected chi connectivity index (χ4v) is 5.17. The Balaban J connectivity index is 1.70. The van der Waals surface area contributed by atoms with Crippen LogP contribution in [0.2, 0.25) is 0 Å². The summed E-state index contributed by atoms with van der Waals surface area (Å²) in [4.78, 5) is 26.6. The van der Waals surface area contributed by atoms with Gasteiger partial charge in [0.25, 0.3) is 5.91 Å². The van der Waals surface area contributed by atoms with Gasteiger partial charge in [0, 0.05) is 11.4 Å². The zero-order valence-corrected chi connectivity index (χ0v) is 17.3. The molecule has 29 heavy (non-hydrogen) atoms. The Kier molecular flexibility index (Phi) is 6.03. The van der Waals surface area contributed by atoms with Gasteiger partial charge in [-0.2, -0.15) is 0 Å². The lowest BCUT2D eigenvalue weighted by Gasteiger charge is -2.50. The van der Waals surface area contributed by atoms with E-state index in [9.17, 15) is 23.1 Å². The molecule has 0 bridgehead atoms. The highest BCUT2D eigenvalue weighted by Crippen LogP contribution is 2.40. The number of benzene rings is 1. The number of β-lactam (4-membered cyclic amide) rings is 1. The minimum absolute atomic E-state index is 0.287.